The first-order chi connectivity index (χ1) is 9.72. The van der Waals surface area contributed by atoms with E-state index in [1.165, 1.54) is 0 Å². The van der Waals surface area contributed by atoms with Crippen LogP contribution in [0.2, 0.25) is 5.02 Å². The molecule has 3 rings (SSSR count). The third-order valence-electron chi connectivity index (χ3n) is 3.00. The maximum atomic E-state index is 10.1. The number of hydrogen-bond donors (Lipinski definition) is 2. The number of aromatic nitrogens is 1. The largest absolute Gasteiger partial charge is 0.424 e. The van der Waals surface area contributed by atoms with Gasteiger partial charge in [-0.15, -0.1) is 0 Å². The number of aliphatic hydroxyl groups excluding tert-OH is 1. The number of nitrogens with zero attached hydrogens (tertiary/aromatic N) is 1. The van der Waals surface area contributed by atoms with Gasteiger partial charge in [0.05, 0.1) is 6.10 Å². The zero-order valence-corrected chi connectivity index (χ0v) is 11.3. The van der Waals surface area contributed by atoms with E-state index in [-0.39, 0.29) is 0 Å². The van der Waals surface area contributed by atoms with Crippen molar-refractivity contribution in [3.05, 3.63) is 59.1 Å². The topological polar surface area (TPSA) is 58.3 Å². The summed E-state index contributed by atoms with van der Waals surface area (Å²) in [5.74, 6) is 0. The molecule has 0 bridgehead atoms. The molecule has 2 aromatic carbocycles. The molecule has 0 fully saturated rings. The molecule has 0 unspecified atom stereocenters. The Morgan fingerprint density at radius 2 is 1.90 bits per heavy atom. The summed E-state index contributed by atoms with van der Waals surface area (Å²) in [6.07, 6.45) is -0.651. The molecule has 2 N–H and O–H groups in total. The average molecular weight is 289 g/mol. The first-order valence-electron chi connectivity index (χ1n) is 6.25. The quantitative estimate of drug-likeness (QED) is 0.770. The number of fused-ring (bicyclic) bond motifs is 1. The summed E-state index contributed by atoms with van der Waals surface area (Å²) in [5.41, 5.74) is 2.30. The normalized spacial score (nSPS) is 12.5. The summed E-state index contributed by atoms with van der Waals surface area (Å²) < 4.78 is 5.52. The highest BCUT2D eigenvalue weighted by atomic mass is 35.5. The molecule has 0 saturated heterocycles. The fourth-order valence-electron chi connectivity index (χ4n) is 1.93. The zero-order valence-electron chi connectivity index (χ0n) is 10.6. The molecule has 4 nitrogen and oxygen atoms in total. The number of rotatable bonds is 4. The van der Waals surface area contributed by atoms with Crippen LogP contribution < -0.4 is 5.32 Å². The second-order valence-corrected chi connectivity index (χ2v) is 4.87. The lowest BCUT2D eigenvalue weighted by Gasteiger charge is -2.10. The monoisotopic (exact) mass is 288 g/mol. The molecule has 5 heteroatoms. The molecule has 1 heterocycles. The van der Waals surface area contributed by atoms with E-state index < -0.39 is 6.10 Å². The molecule has 102 valence electrons. The van der Waals surface area contributed by atoms with E-state index in [9.17, 15) is 5.11 Å². The van der Waals surface area contributed by atoms with Gasteiger partial charge in [-0.2, -0.15) is 4.98 Å². The van der Waals surface area contributed by atoms with Crippen molar-refractivity contribution in [1.82, 2.24) is 4.98 Å². The molecule has 0 aliphatic rings. The lowest BCUT2D eigenvalue weighted by Crippen LogP contribution is -2.12. The maximum absolute atomic E-state index is 10.1. The Hall–Kier alpha value is -2.04. The fraction of sp³-hybridized carbons (Fsp3) is 0.133. The van der Waals surface area contributed by atoms with Crippen LogP contribution in [0, 0.1) is 0 Å². The molecule has 0 spiro atoms. The van der Waals surface area contributed by atoms with Crippen LogP contribution in [-0.2, 0) is 0 Å². The van der Waals surface area contributed by atoms with E-state index in [4.69, 9.17) is 16.0 Å². The fourth-order valence-corrected chi connectivity index (χ4v) is 2.06. The van der Waals surface area contributed by atoms with Gasteiger partial charge in [0.1, 0.15) is 5.52 Å². The van der Waals surface area contributed by atoms with Crippen molar-refractivity contribution in [2.24, 2.45) is 0 Å². The molecule has 1 aromatic heterocycles. The Balaban J connectivity index is 1.68. The highest BCUT2D eigenvalue weighted by molar-refractivity contribution is 6.30. The minimum atomic E-state index is -0.651. The van der Waals surface area contributed by atoms with Crippen molar-refractivity contribution in [1.29, 1.82) is 0 Å². The van der Waals surface area contributed by atoms with E-state index in [1.54, 1.807) is 24.3 Å². The highest BCUT2D eigenvalue weighted by Crippen LogP contribution is 2.20. The molecule has 0 radical (unpaired) electrons. The first kappa shape index (κ1) is 13.0. The number of halogens is 1. The molecule has 0 aliphatic heterocycles. The molecule has 20 heavy (non-hydrogen) atoms. The van der Waals surface area contributed by atoms with Gasteiger partial charge in [-0.05, 0) is 29.8 Å². The Morgan fingerprint density at radius 3 is 2.65 bits per heavy atom. The summed E-state index contributed by atoms with van der Waals surface area (Å²) in [5, 5.41) is 13.7. The Morgan fingerprint density at radius 1 is 1.15 bits per heavy atom. The van der Waals surface area contributed by atoms with Crippen molar-refractivity contribution in [2.75, 3.05) is 11.9 Å². The predicted octanol–water partition coefficient (Wildman–Crippen LogP) is 3.63. The van der Waals surface area contributed by atoms with Crippen LogP contribution in [0.4, 0.5) is 6.01 Å². The van der Waals surface area contributed by atoms with Crippen molar-refractivity contribution >= 4 is 28.7 Å². The van der Waals surface area contributed by atoms with Crippen LogP contribution in [0.1, 0.15) is 11.7 Å². The van der Waals surface area contributed by atoms with E-state index in [1.807, 2.05) is 24.3 Å². The van der Waals surface area contributed by atoms with Crippen molar-refractivity contribution in [3.63, 3.8) is 0 Å². The second kappa shape index (κ2) is 5.53. The number of anilines is 1. The van der Waals surface area contributed by atoms with Crippen molar-refractivity contribution in [3.8, 4) is 0 Å². The number of benzene rings is 2. The average Bonchev–Trinajstić information content (AvgIpc) is 2.88. The summed E-state index contributed by atoms with van der Waals surface area (Å²) in [6, 6.07) is 15.0. The van der Waals surface area contributed by atoms with E-state index in [0.717, 1.165) is 16.7 Å². The van der Waals surface area contributed by atoms with E-state index in [0.29, 0.717) is 17.6 Å². The minimum Gasteiger partial charge on any atom is -0.424 e. The van der Waals surface area contributed by atoms with E-state index in [2.05, 4.69) is 10.3 Å². The maximum Gasteiger partial charge on any atom is 0.295 e. The van der Waals surface area contributed by atoms with Gasteiger partial charge in [-0.3, -0.25) is 0 Å². The van der Waals surface area contributed by atoms with Gasteiger partial charge >= 0.3 is 0 Å². The molecular weight excluding hydrogens is 276 g/mol. The Labute approximate surface area is 121 Å². The summed E-state index contributed by atoms with van der Waals surface area (Å²) in [4.78, 5) is 4.28. The number of para-hydroxylation sites is 2. The lowest BCUT2D eigenvalue weighted by molar-refractivity contribution is 0.191. The van der Waals surface area contributed by atoms with Gasteiger partial charge in [0.25, 0.3) is 6.01 Å². The second-order valence-electron chi connectivity index (χ2n) is 4.43. The highest BCUT2D eigenvalue weighted by Gasteiger charge is 2.10. The van der Waals surface area contributed by atoms with Gasteiger partial charge in [0.2, 0.25) is 0 Å². The molecule has 3 aromatic rings. The van der Waals surface area contributed by atoms with Crippen LogP contribution in [-0.4, -0.2) is 16.6 Å². The number of aliphatic hydroxyl groups is 1. The molecule has 1 atom stereocenters. The first-order valence-corrected chi connectivity index (χ1v) is 6.63. The van der Waals surface area contributed by atoms with Gasteiger partial charge < -0.3 is 14.8 Å². The van der Waals surface area contributed by atoms with Gasteiger partial charge in [-0.1, -0.05) is 35.9 Å². The van der Waals surface area contributed by atoms with Crippen LogP contribution in [0.25, 0.3) is 11.1 Å². The molecular formula is C15H13ClN2O2. The Kier molecular flexibility index (Phi) is 3.58. The predicted molar refractivity (Wildman–Crippen MR) is 78.9 cm³/mol. The van der Waals surface area contributed by atoms with Gasteiger partial charge in [-0.25, -0.2) is 0 Å². The molecule has 0 aliphatic carbocycles. The summed E-state index contributed by atoms with van der Waals surface area (Å²) in [7, 11) is 0. The third-order valence-corrected chi connectivity index (χ3v) is 3.25. The zero-order chi connectivity index (χ0) is 13.9. The number of hydrogen-bond acceptors (Lipinski definition) is 4. The van der Waals surface area contributed by atoms with Crippen molar-refractivity contribution < 1.29 is 9.52 Å². The van der Waals surface area contributed by atoms with Gasteiger partial charge in [0, 0.05) is 11.6 Å². The third kappa shape index (κ3) is 2.76. The number of oxazole rings is 1. The standard InChI is InChI=1S/C15H13ClN2O2/c16-11-7-5-10(6-8-11)13(19)9-17-15-18-12-3-1-2-4-14(12)20-15/h1-8,13,19H,9H2,(H,17,18)/t13-/m1/s1. The van der Waals surface area contributed by atoms with Gasteiger partial charge in [0.15, 0.2) is 5.58 Å². The van der Waals surface area contributed by atoms with Crippen LogP contribution in [0.5, 0.6) is 0 Å². The number of nitrogens with one attached hydrogen (secondary N) is 1. The summed E-state index contributed by atoms with van der Waals surface area (Å²) in [6.45, 7) is 0.314. The smallest absolute Gasteiger partial charge is 0.295 e. The van der Waals surface area contributed by atoms with E-state index >= 15 is 0 Å². The van der Waals surface area contributed by atoms with Crippen LogP contribution in [0.15, 0.2) is 52.9 Å². The SMILES string of the molecule is O[C@H](CNc1nc2ccccc2o1)c1ccc(Cl)cc1. The minimum absolute atomic E-state index is 0.314. The molecule has 0 amide bonds. The molecule has 0 saturated carbocycles. The van der Waals surface area contributed by atoms with Crippen LogP contribution in [0.3, 0.4) is 0 Å². The van der Waals surface area contributed by atoms with Crippen molar-refractivity contribution in [2.45, 2.75) is 6.10 Å². The van der Waals surface area contributed by atoms with Crippen LogP contribution >= 0.6 is 11.6 Å². The summed E-state index contributed by atoms with van der Waals surface area (Å²) >= 11 is 5.81. The Bertz CT molecular complexity index is 676. The lowest BCUT2D eigenvalue weighted by atomic mass is 10.1.